The average molecular weight is 116 g/mol. The SMILES string of the molecule is O=[13C](O)[13C](F)(F)F. The molecule has 1 N–H and O–H groups in total. The maximum Gasteiger partial charge on any atom is 0.490 e. The Morgan fingerprint density at radius 1 is 1.43 bits per heavy atom. The molecular formula is C2HF3O2. The van der Waals surface area contributed by atoms with Crippen LogP contribution in [0.4, 0.5) is 13.2 Å². The minimum Gasteiger partial charge on any atom is -0.475 e. The zero-order valence-electron chi connectivity index (χ0n) is 2.99. The van der Waals surface area contributed by atoms with Gasteiger partial charge in [0.25, 0.3) is 0 Å². The van der Waals surface area contributed by atoms with E-state index >= 15 is 0 Å². The highest BCUT2D eigenvalue weighted by atomic mass is 19.5. The van der Waals surface area contributed by atoms with Gasteiger partial charge in [-0.2, -0.15) is 13.2 Å². The topological polar surface area (TPSA) is 37.3 Å². The van der Waals surface area contributed by atoms with E-state index in [4.69, 9.17) is 9.90 Å². The molecule has 0 aromatic rings. The van der Waals surface area contributed by atoms with Crippen molar-refractivity contribution in [2.75, 3.05) is 0 Å². The summed E-state index contributed by atoms with van der Waals surface area (Å²) in [4.78, 5) is 8.90. The van der Waals surface area contributed by atoms with Gasteiger partial charge in [-0.05, 0) is 0 Å². The lowest BCUT2D eigenvalue weighted by Crippen LogP contribution is -2.21. The van der Waals surface area contributed by atoms with Crippen LogP contribution in [0.2, 0.25) is 0 Å². The van der Waals surface area contributed by atoms with E-state index in [0.29, 0.717) is 0 Å². The fraction of sp³-hybridized carbons (Fsp3) is 0.500. The number of hydrogen-bond acceptors (Lipinski definition) is 1. The van der Waals surface area contributed by atoms with Gasteiger partial charge >= 0.3 is 12.1 Å². The molecule has 42 valence electrons. The number of hydrogen-bond donors (Lipinski definition) is 1. The van der Waals surface area contributed by atoms with Crippen molar-refractivity contribution in [2.45, 2.75) is 6.18 Å². The summed E-state index contributed by atoms with van der Waals surface area (Å²) < 4.78 is 31.7. The summed E-state index contributed by atoms with van der Waals surface area (Å²) >= 11 is 0. The first-order valence-electron chi connectivity index (χ1n) is 1.24. The lowest BCUT2D eigenvalue weighted by molar-refractivity contribution is -0.192. The number of alkyl halides is 3. The summed E-state index contributed by atoms with van der Waals surface area (Å²) in [6.07, 6.45) is -5.08. The summed E-state index contributed by atoms with van der Waals surface area (Å²) in [6.45, 7) is 0. The lowest BCUT2D eigenvalue weighted by Gasteiger charge is -1.93. The van der Waals surface area contributed by atoms with Gasteiger partial charge in [0, 0.05) is 0 Å². The number of halogens is 3. The van der Waals surface area contributed by atoms with Crippen LogP contribution in [-0.4, -0.2) is 17.3 Å². The average Bonchev–Trinajstić information content (AvgIpc) is 1.31. The molecule has 0 unspecified atom stereocenters. The van der Waals surface area contributed by atoms with Crippen molar-refractivity contribution in [3.05, 3.63) is 0 Å². The third kappa shape index (κ3) is 2.02. The Hall–Kier alpha value is -0.740. The molecule has 0 spiro atoms. The fourth-order valence-electron chi connectivity index (χ4n) is 0. The minimum atomic E-state index is -5.08. The van der Waals surface area contributed by atoms with Crippen molar-refractivity contribution >= 4 is 5.97 Å². The Morgan fingerprint density at radius 3 is 1.57 bits per heavy atom. The number of aliphatic carboxylic acids is 1. The van der Waals surface area contributed by atoms with Crippen molar-refractivity contribution < 1.29 is 23.1 Å². The van der Waals surface area contributed by atoms with Crippen LogP contribution < -0.4 is 0 Å². The quantitative estimate of drug-likeness (QED) is 0.471. The molecule has 0 aliphatic heterocycles. The van der Waals surface area contributed by atoms with Crippen LogP contribution in [0.1, 0.15) is 0 Å². The van der Waals surface area contributed by atoms with E-state index in [1.54, 1.807) is 0 Å². The third-order valence-corrected chi connectivity index (χ3v) is 0.243. The van der Waals surface area contributed by atoms with Gasteiger partial charge in [-0.1, -0.05) is 0 Å². The van der Waals surface area contributed by atoms with Crippen molar-refractivity contribution in [1.82, 2.24) is 0 Å². The van der Waals surface area contributed by atoms with Crippen molar-refractivity contribution in [2.24, 2.45) is 0 Å². The number of carboxylic acid groups (broad SMARTS) is 1. The summed E-state index contributed by atoms with van der Waals surface area (Å²) in [5.41, 5.74) is 0. The van der Waals surface area contributed by atoms with Crippen LogP contribution in [0, 0.1) is 0 Å². The predicted molar refractivity (Wildman–Crippen MR) is 13.7 cm³/mol. The maximum absolute atomic E-state index is 10.6. The predicted octanol–water partition coefficient (Wildman–Crippen LogP) is 0.633. The van der Waals surface area contributed by atoms with Gasteiger partial charge in [0.15, 0.2) is 0 Å². The second-order valence-corrected chi connectivity index (χ2v) is 0.803. The van der Waals surface area contributed by atoms with E-state index in [-0.39, 0.29) is 0 Å². The molecule has 7 heavy (non-hydrogen) atoms. The lowest BCUT2D eigenvalue weighted by atomic mass is 11.6. The molecule has 0 aromatic heterocycles. The van der Waals surface area contributed by atoms with E-state index < -0.39 is 12.1 Å². The Morgan fingerprint density at radius 2 is 1.57 bits per heavy atom. The van der Waals surface area contributed by atoms with Crippen LogP contribution >= 0.6 is 0 Å². The molecule has 5 heteroatoms. The van der Waals surface area contributed by atoms with Crippen LogP contribution in [0.5, 0.6) is 0 Å². The molecule has 0 radical (unpaired) electrons. The largest absolute Gasteiger partial charge is 0.490 e. The molecule has 0 aromatic carbocycles. The van der Waals surface area contributed by atoms with Gasteiger partial charge in [0.2, 0.25) is 0 Å². The second-order valence-electron chi connectivity index (χ2n) is 0.803. The smallest absolute Gasteiger partial charge is 0.475 e. The number of carboxylic acids is 1. The highest BCUT2D eigenvalue weighted by Gasteiger charge is 2.38. The summed E-state index contributed by atoms with van der Waals surface area (Å²) in [5.74, 6) is -2.76. The highest BCUT2D eigenvalue weighted by Crippen LogP contribution is 2.13. The van der Waals surface area contributed by atoms with Gasteiger partial charge in [0.1, 0.15) is 0 Å². The van der Waals surface area contributed by atoms with E-state index in [0.717, 1.165) is 0 Å². The maximum atomic E-state index is 10.6. The van der Waals surface area contributed by atoms with Gasteiger partial charge in [0.05, 0.1) is 0 Å². The monoisotopic (exact) mass is 116 g/mol. The first-order chi connectivity index (χ1) is 2.94. The van der Waals surface area contributed by atoms with Crippen LogP contribution in [0.3, 0.4) is 0 Å². The van der Waals surface area contributed by atoms with Crippen molar-refractivity contribution in [3.8, 4) is 0 Å². The Kier molecular flexibility index (Phi) is 1.25. The Balaban J connectivity index is 3.79. The molecule has 0 aliphatic rings. The zero-order chi connectivity index (χ0) is 6.08. The highest BCUT2D eigenvalue weighted by molar-refractivity contribution is 5.73. The van der Waals surface area contributed by atoms with Gasteiger partial charge in [-0.15, -0.1) is 0 Å². The molecule has 0 saturated carbocycles. The number of rotatable bonds is 0. The molecule has 0 rings (SSSR count). The molecule has 0 aliphatic carbocycles. The molecule has 0 atom stereocenters. The summed E-state index contributed by atoms with van der Waals surface area (Å²) in [5, 5.41) is 7.12. The van der Waals surface area contributed by atoms with E-state index in [1.165, 1.54) is 0 Å². The van der Waals surface area contributed by atoms with E-state index in [1.807, 2.05) is 0 Å². The summed E-state index contributed by atoms with van der Waals surface area (Å²) in [6, 6.07) is 0. The Labute approximate surface area is 36.6 Å². The van der Waals surface area contributed by atoms with Gasteiger partial charge in [-0.25, -0.2) is 4.79 Å². The van der Waals surface area contributed by atoms with E-state index in [2.05, 4.69) is 0 Å². The first-order valence-corrected chi connectivity index (χ1v) is 1.24. The minimum absolute atomic E-state index is 2.76. The van der Waals surface area contributed by atoms with Crippen molar-refractivity contribution in [1.29, 1.82) is 0 Å². The van der Waals surface area contributed by atoms with E-state index in [9.17, 15) is 13.2 Å². The molecule has 0 saturated heterocycles. The van der Waals surface area contributed by atoms with Crippen LogP contribution in [-0.2, 0) is 4.79 Å². The first kappa shape index (κ1) is 6.26. The second kappa shape index (κ2) is 1.40. The molecule has 2 nitrogen and oxygen atoms in total. The molecule has 0 fully saturated rings. The van der Waals surface area contributed by atoms with Gasteiger partial charge < -0.3 is 5.11 Å². The Bertz CT molecular complexity index is 83.4. The molecule has 0 heterocycles. The van der Waals surface area contributed by atoms with Crippen molar-refractivity contribution in [3.63, 3.8) is 0 Å². The van der Waals surface area contributed by atoms with Gasteiger partial charge in [-0.3, -0.25) is 0 Å². The van der Waals surface area contributed by atoms with Crippen LogP contribution in [0.15, 0.2) is 0 Å². The summed E-state index contributed by atoms with van der Waals surface area (Å²) in [7, 11) is 0. The normalized spacial score (nSPS) is 11.3. The third-order valence-electron chi connectivity index (χ3n) is 0.243. The molecular weight excluding hydrogens is 115 g/mol. The van der Waals surface area contributed by atoms with Crippen LogP contribution in [0.25, 0.3) is 0 Å². The fourth-order valence-corrected chi connectivity index (χ4v) is 0. The molecule has 0 bridgehead atoms. The standard InChI is InChI=1S/C2HF3O2/c3-2(4,5)1(6)7/h(H,6,7)/i1+1,2+1. The number of carbonyl (C=O) groups is 1. The zero-order valence-corrected chi connectivity index (χ0v) is 2.99. The molecule has 0 amide bonds.